The average molecular weight is 422 g/mol. The van der Waals surface area contributed by atoms with Gasteiger partial charge in [0, 0.05) is 29.1 Å². The summed E-state index contributed by atoms with van der Waals surface area (Å²) in [5.41, 5.74) is 3.42. The maximum absolute atomic E-state index is 12.4. The number of hydrogen-bond donors (Lipinski definition) is 1. The molecule has 0 bridgehead atoms. The van der Waals surface area contributed by atoms with Crippen LogP contribution in [0, 0.1) is 0 Å². The van der Waals surface area contributed by atoms with Gasteiger partial charge in [0.2, 0.25) is 0 Å². The third-order valence-electron chi connectivity index (χ3n) is 5.06. The number of benzene rings is 3. The van der Waals surface area contributed by atoms with Gasteiger partial charge in [0.15, 0.2) is 11.5 Å². The molecule has 5 heteroatoms. The summed E-state index contributed by atoms with van der Waals surface area (Å²) in [5.74, 6) is 1.44. The van der Waals surface area contributed by atoms with Crippen LogP contribution in [-0.4, -0.2) is 11.5 Å². The molecule has 0 saturated heterocycles. The Morgan fingerprint density at radius 3 is 2.60 bits per heavy atom. The number of amides is 1. The van der Waals surface area contributed by atoms with Gasteiger partial charge in [-0.15, -0.1) is 0 Å². The number of carbonyl (C=O) groups excluding carboxylic acids is 1. The molecule has 4 rings (SSSR count). The lowest BCUT2D eigenvalue weighted by Crippen LogP contribution is -2.24. The highest BCUT2D eigenvalue weighted by atomic mass is 35.5. The van der Waals surface area contributed by atoms with Crippen LogP contribution in [0.4, 0.5) is 0 Å². The monoisotopic (exact) mass is 421 g/mol. The zero-order chi connectivity index (χ0) is 21.1. The van der Waals surface area contributed by atoms with Crippen LogP contribution in [0.15, 0.2) is 66.7 Å². The van der Waals surface area contributed by atoms with Crippen molar-refractivity contribution in [2.45, 2.75) is 39.0 Å². The number of carbonyl (C=O) groups is 1. The predicted octanol–water partition coefficient (Wildman–Crippen LogP) is 5.56. The molecule has 1 heterocycles. The van der Waals surface area contributed by atoms with Crippen molar-refractivity contribution in [2.24, 2.45) is 0 Å². The third kappa shape index (κ3) is 4.60. The zero-order valence-electron chi connectivity index (χ0n) is 17.1. The van der Waals surface area contributed by atoms with E-state index in [-0.39, 0.29) is 11.5 Å². The molecule has 30 heavy (non-hydrogen) atoms. The molecule has 4 nitrogen and oxygen atoms in total. The van der Waals surface area contributed by atoms with Crippen molar-refractivity contribution in [3.8, 4) is 11.5 Å². The standard InChI is InChI=1S/C25H24ClNO3/c1-25(2)14-19-7-5-9-22(23(19)30-25)29-16-17-10-12-18(13-11-17)24(28)27-15-20-6-3-4-8-21(20)26/h3-13H,14-16H2,1-2H3,(H,27,28). The quantitative estimate of drug-likeness (QED) is 0.566. The van der Waals surface area contributed by atoms with Crippen molar-refractivity contribution in [3.63, 3.8) is 0 Å². The first kappa shape index (κ1) is 20.3. The van der Waals surface area contributed by atoms with E-state index in [2.05, 4.69) is 25.2 Å². The fourth-order valence-corrected chi connectivity index (χ4v) is 3.74. The SMILES string of the molecule is CC1(C)Cc2cccc(OCc3ccc(C(=O)NCc4ccccc4Cl)cc3)c2O1. The molecule has 1 aliphatic heterocycles. The van der Waals surface area contributed by atoms with E-state index in [9.17, 15) is 4.79 Å². The Morgan fingerprint density at radius 2 is 1.83 bits per heavy atom. The Labute approximate surface area is 181 Å². The molecule has 0 unspecified atom stereocenters. The lowest BCUT2D eigenvalue weighted by atomic mass is 10.0. The second-order valence-electron chi connectivity index (χ2n) is 8.04. The van der Waals surface area contributed by atoms with Gasteiger partial charge < -0.3 is 14.8 Å². The van der Waals surface area contributed by atoms with Crippen molar-refractivity contribution < 1.29 is 14.3 Å². The molecule has 3 aromatic rings. The maximum Gasteiger partial charge on any atom is 0.251 e. The summed E-state index contributed by atoms with van der Waals surface area (Å²) in [6.45, 7) is 4.94. The first-order chi connectivity index (χ1) is 14.4. The van der Waals surface area contributed by atoms with Crippen LogP contribution in [-0.2, 0) is 19.6 Å². The van der Waals surface area contributed by atoms with Gasteiger partial charge in [-0.25, -0.2) is 0 Å². The summed E-state index contributed by atoms with van der Waals surface area (Å²) in [6, 6.07) is 20.9. The molecule has 3 aromatic carbocycles. The van der Waals surface area contributed by atoms with Crippen LogP contribution in [0.5, 0.6) is 11.5 Å². The molecule has 1 N–H and O–H groups in total. The van der Waals surface area contributed by atoms with Gasteiger partial charge in [-0.05, 0) is 49.2 Å². The molecule has 0 radical (unpaired) electrons. The Balaban J connectivity index is 1.35. The molecule has 0 saturated carbocycles. The van der Waals surface area contributed by atoms with Crippen molar-refractivity contribution in [1.29, 1.82) is 0 Å². The topological polar surface area (TPSA) is 47.6 Å². The number of halogens is 1. The predicted molar refractivity (Wildman–Crippen MR) is 118 cm³/mol. The molecule has 0 atom stereocenters. The van der Waals surface area contributed by atoms with E-state index in [0.29, 0.717) is 23.7 Å². The summed E-state index contributed by atoms with van der Waals surface area (Å²) >= 11 is 6.14. The fraction of sp³-hybridized carbons (Fsp3) is 0.240. The maximum atomic E-state index is 12.4. The number of para-hydroxylation sites is 1. The minimum Gasteiger partial charge on any atom is -0.485 e. The molecule has 0 spiro atoms. The largest absolute Gasteiger partial charge is 0.485 e. The van der Waals surface area contributed by atoms with E-state index in [1.165, 1.54) is 5.56 Å². The van der Waals surface area contributed by atoms with E-state index >= 15 is 0 Å². The summed E-state index contributed by atoms with van der Waals surface area (Å²) < 4.78 is 12.1. The van der Waals surface area contributed by atoms with Crippen molar-refractivity contribution in [1.82, 2.24) is 5.32 Å². The van der Waals surface area contributed by atoms with Crippen LogP contribution >= 0.6 is 11.6 Å². The van der Waals surface area contributed by atoms with Gasteiger partial charge in [0.25, 0.3) is 5.91 Å². The highest BCUT2D eigenvalue weighted by Gasteiger charge is 2.32. The van der Waals surface area contributed by atoms with E-state index in [1.54, 1.807) is 12.1 Å². The van der Waals surface area contributed by atoms with E-state index in [1.807, 2.05) is 48.5 Å². The van der Waals surface area contributed by atoms with Gasteiger partial charge in [-0.3, -0.25) is 4.79 Å². The van der Waals surface area contributed by atoms with Crippen molar-refractivity contribution in [3.05, 3.63) is 94.0 Å². The normalized spacial score (nSPS) is 14.0. The highest BCUT2D eigenvalue weighted by molar-refractivity contribution is 6.31. The smallest absolute Gasteiger partial charge is 0.251 e. The van der Waals surface area contributed by atoms with Gasteiger partial charge in [-0.1, -0.05) is 54.1 Å². The molecule has 0 aromatic heterocycles. The average Bonchev–Trinajstić information content (AvgIpc) is 3.06. The van der Waals surface area contributed by atoms with E-state index in [4.69, 9.17) is 21.1 Å². The zero-order valence-corrected chi connectivity index (χ0v) is 17.8. The molecular weight excluding hydrogens is 398 g/mol. The fourth-order valence-electron chi connectivity index (χ4n) is 3.53. The molecular formula is C25H24ClNO3. The molecule has 1 amide bonds. The lowest BCUT2D eigenvalue weighted by molar-refractivity contribution is 0.0951. The minimum absolute atomic E-state index is 0.140. The van der Waals surface area contributed by atoms with E-state index in [0.717, 1.165) is 29.0 Å². The second-order valence-corrected chi connectivity index (χ2v) is 8.45. The Morgan fingerprint density at radius 1 is 1.07 bits per heavy atom. The minimum atomic E-state index is -0.208. The second kappa shape index (κ2) is 8.41. The highest BCUT2D eigenvalue weighted by Crippen LogP contribution is 2.41. The van der Waals surface area contributed by atoms with Crippen LogP contribution in [0.25, 0.3) is 0 Å². The van der Waals surface area contributed by atoms with E-state index < -0.39 is 0 Å². The third-order valence-corrected chi connectivity index (χ3v) is 5.43. The van der Waals surface area contributed by atoms with Crippen LogP contribution in [0.2, 0.25) is 5.02 Å². The summed E-state index contributed by atoms with van der Waals surface area (Å²) in [6.07, 6.45) is 0.873. The first-order valence-corrected chi connectivity index (χ1v) is 10.3. The van der Waals surface area contributed by atoms with Crippen LogP contribution in [0.3, 0.4) is 0 Å². The Bertz CT molecular complexity index is 1060. The molecule has 0 aliphatic carbocycles. The summed E-state index contributed by atoms with van der Waals surface area (Å²) in [4.78, 5) is 12.4. The number of hydrogen-bond acceptors (Lipinski definition) is 3. The Kier molecular flexibility index (Phi) is 5.69. The van der Waals surface area contributed by atoms with Gasteiger partial charge >= 0.3 is 0 Å². The summed E-state index contributed by atoms with van der Waals surface area (Å²) in [7, 11) is 0. The molecule has 154 valence electrons. The number of fused-ring (bicyclic) bond motifs is 1. The Hall–Kier alpha value is -2.98. The van der Waals surface area contributed by atoms with Gasteiger partial charge in [0.1, 0.15) is 12.2 Å². The summed E-state index contributed by atoms with van der Waals surface area (Å²) in [5, 5.41) is 3.54. The van der Waals surface area contributed by atoms with Gasteiger partial charge in [-0.2, -0.15) is 0 Å². The molecule has 0 fully saturated rings. The molecule has 1 aliphatic rings. The number of ether oxygens (including phenoxy) is 2. The lowest BCUT2D eigenvalue weighted by Gasteiger charge is -2.18. The van der Waals surface area contributed by atoms with Gasteiger partial charge in [0.05, 0.1) is 0 Å². The van der Waals surface area contributed by atoms with Crippen LogP contribution < -0.4 is 14.8 Å². The first-order valence-electron chi connectivity index (χ1n) is 9.95. The van der Waals surface area contributed by atoms with Crippen molar-refractivity contribution in [2.75, 3.05) is 0 Å². The van der Waals surface area contributed by atoms with Crippen LogP contribution in [0.1, 0.15) is 40.9 Å². The number of nitrogens with one attached hydrogen (secondary N) is 1. The van der Waals surface area contributed by atoms with Crippen molar-refractivity contribution >= 4 is 17.5 Å². The number of rotatable bonds is 6.